The van der Waals surface area contributed by atoms with Gasteiger partial charge in [0.1, 0.15) is 11.5 Å². The van der Waals surface area contributed by atoms with E-state index in [1.807, 2.05) is 48.5 Å². The van der Waals surface area contributed by atoms with Gasteiger partial charge >= 0.3 is 11.9 Å². The molecule has 0 fully saturated rings. The number of esters is 2. The molecule has 0 aromatic heterocycles. The molecule has 0 aliphatic rings. The Morgan fingerprint density at radius 3 is 1.66 bits per heavy atom. The molecular formula is C43H40O4. The number of carbonyl (C=O) groups is 2. The van der Waals surface area contributed by atoms with E-state index in [9.17, 15) is 9.59 Å². The molecule has 0 saturated heterocycles. The number of terminal acetylenes is 1. The molecule has 0 heterocycles. The highest BCUT2D eigenvalue weighted by atomic mass is 16.5. The first-order valence-corrected chi connectivity index (χ1v) is 16.8. The second kappa shape index (κ2) is 15.4. The molecular weight excluding hydrogens is 580 g/mol. The molecule has 236 valence electrons. The lowest BCUT2D eigenvalue weighted by Gasteiger charge is -2.14. The average molecular weight is 621 g/mol. The van der Waals surface area contributed by atoms with Crippen LogP contribution < -0.4 is 9.47 Å². The van der Waals surface area contributed by atoms with Crippen molar-refractivity contribution in [3.8, 4) is 35.0 Å². The molecule has 0 radical (unpaired) electrons. The van der Waals surface area contributed by atoms with Crippen molar-refractivity contribution in [2.45, 2.75) is 70.6 Å². The van der Waals surface area contributed by atoms with Crippen LogP contribution in [0, 0.1) is 12.3 Å². The number of benzene rings is 6. The third-order valence-electron chi connectivity index (χ3n) is 8.90. The van der Waals surface area contributed by atoms with E-state index in [1.165, 1.54) is 37.9 Å². The molecule has 6 rings (SSSR count). The molecule has 6 aromatic carbocycles. The van der Waals surface area contributed by atoms with Crippen molar-refractivity contribution in [2.75, 3.05) is 0 Å². The summed E-state index contributed by atoms with van der Waals surface area (Å²) in [6, 6.07) is 34.6. The average Bonchev–Trinajstić information content (AvgIpc) is 3.09. The molecule has 4 nitrogen and oxygen atoms in total. The quantitative estimate of drug-likeness (QED) is 0.0377. The van der Waals surface area contributed by atoms with Crippen LogP contribution in [0.2, 0.25) is 0 Å². The van der Waals surface area contributed by atoms with Crippen molar-refractivity contribution in [1.82, 2.24) is 0 Å². The van der Waals surface area contributed by atoms with Crippen molar-refractivity contribution >= 4 is 44.3 Å². The number of unbranched alkanes of at least 4 members (excludes halogenated alkanes) is 6. The molecule has 0 aliphatic heterocycles. The van der Waals surface area contributed by atoms with Crippen LogP contribution in [0.1, 0.15) is 69.8 Å². The summed E-state index contributed by atoms with van der Waals surface area (Å²) < 4.78 is 11.2. The fourth-order valence-electron chi connectivity index (χ4n) is 6.44. The molecule has 0 N–H and O–H groups in total. The minimum Gasteiger partial charge on any atom is -0.427 e. The molecule has 0 spiro atoms. The lowest BCUT2D eigenvalue weighted by Crippen LogP contribution is -2.08. The van der Waals surface area contributed by atoms with Gasteiger partial charge in [0.05, 0.1) is 0 Å². The predicted octanol–water partition coefficient (Wildman–Crippen LogP) is 10.8. The van der Waals surface area contributed by atoms with Crippen LogP contribution in [0.4, 0.5) is 0 Å². The highest BCUT2D eigenvalue weighted by Crippen LogP contribution is 2.36. The van der Waals surface area contributed by atoms with Crippen molar-refractivity contribution < 1.29 is 19.1 Å². The molecule has 4 heteroatoms. The number of ether oxygens (including phenoxy) is 2. The lowest BCUT2D eigenvalue weighted by molar-refractivity contribution is -0.135. The molecule has 0 saturated carbocycles. The van der Waals surface area contributed by atoms with Crippen LogP contribution in [0.3, 0.4) is 0 Å². The Morgan fingerprint density at radius 2 is 1.04 bits per heavy atom. The van der Waals surface area contributed by atoms with Gasteiger partial charge < -0.3 is 9.47 Å². The van der Waals surface area contributed by atoms with Gasteiger partial charge in [-0.25, -0.2) is 0 Å². The van der Waals surface area contributed by atoms with Crippen LogP contribution in [-0.2, 0) is 16.0 Å². The largest absolute Gasteiger partial charge is 0.427 e. The van der Waals surface area contributed by atoms with Crippen LogP contribution >= 0.6 is 0 Å². The summed E-state index contributed by atoms with van der Waals surface area (Å²) in [4.78, 5) is 24.9. The predicted molar refractivity (Wildman–Crippen MR) is 192 cm³/mol. The van der Waals surface area contributed by atoms with Crippen molar-refractivity contribution in [1.29, 1.82) is 0 Å². The van der Waals surface area contributed by atoms with Crippen LogP contribution in [0.15, 0.2) is 103 Å². The Labute approximate surface area is 277 Å². The first kappa shape index (κ1) is 31.8. The summed E-state index contributed by atoms with van der Waals surface area (Å²) in [5.74, 6) is 3.30. The number of hydrogen-bond donors (Lipinski definition) is 0. The fourth-order valence-corrected chi connectivity index (χ4v) is 6.44. The molecule has 0 amide bonds. The Balaban J connectivity index is 0.953. The van der Waals surface area contributed by atoms with Crippen LogP contribution in [0.5, 0.6) is 11.5 Å². The summed E-state index contributed by atoms with van der Waals surface area (Å²) in [7, 11) is 0. The van der Waals surface area contributed by atoms with Crippen molar-refractivity contribution in [3.05, 3.63) is 109 Å². The van der Waals surface area contributed by atoms with Crippen LogP contribution in [0.25, 0.3) is 43.4 Å². The van der Waals surface area contributed by atoms with E-state index in [0.29, 0.717) is 30.8 Å². The summed E-state index contributed by atoms with van der Waals surface area (Å²) in [6.45, 7) is 0. The van der Waals surface area contributed by atoms with Gasteiger partial charge in [0.2, 0.25) is 0 Å². The fraction of sp³-hybridized carbons (Fsp3) is 0.256. The van der Waals surface area contributed by atoms with E-state index in [-0.39, 0.29) is 11.9 Å². The minimum atomic E-state index is -0.235. The van der Waals surface area contributed by atoms with E-state index in [2.05, 4.69) is 60.5 Å². The monoisotopic (exact) mass is 620 g/mol. The van der Waals surface area contributed by atoms with E-state index >= 15 is 0 Å². The third-order valence-corrected chi connectivity index (χ3v) is 8.90. The summed E-state index contributed by atoms with van der Waals surface area (Å²) in [5, 5.41) is 7.64. The highest BCUT2D eigenvalue weighted by molar-refractivity contribution is 6.23. The van der Waals surface area contributed by atoms with Gasteiger partial charge in [-0.15, -0.1) is 12.3 Å². The molecule has 0 atom stereocenters. The van der Waals surface area contributed by atoms with E-state index in [0.717, 1.165) is 62.5 Å². The molecule has 0 aliphatic carbocycles. The van der Waals surface area contributed by atoms with Crippen molar-refractivity contribution in [2.24, 2.45) is 0 Å². The molecule has 6 aromatic rings. The zero-order valence-electron chi connectivity index (χ0n) is 26.8. The number of rotatable bonds is 15. The normalized spacial score (nSPS) is 11.2. The minimum absolute atomic E-state index is 0.202. The first-order valence-electron chi connectivity index (χ1n) is 16.8. The van der Waals surface area contributed by atoms with Gasteiger partial charge in [-0.3, -0.25) is 9.59 Å². The lowest BCUT2D eigenvalue weighted by atomic mass is 9.90. The summed E-state index contributed by atoms with van der Waals surface area (Å²) in [6.07, 6.45) is 14.8. The highest BCUT2D eigenvalue weighted by Gasteiger charge is 2.12. The second-order valence-corrected chi connectivity index (χ2v) is 12.3. The third kappa shape index (κ3) is 7.99. The van der Waals surface area contributed by atoms with Gasteiger partial charge in [0, 0.05) is 19.3 Å². The number of hydrogen-bond acceptors (Lipinski definition) is 4. The Hall–Kier alpha value is -5.14. The van der Waals surface area contributed by atoms with Crippen LogP contribution in [-0.4, -0.2) is 11.9 Å². The van der Waals surface area contributed by atoms with Gasteiger partial charge in [-0.05, 0) is 99.0 Å². The Bertz CT molecular complexity index is 1980. The zero-order chi connectivity index (χ0) is 32.4. The molecule has 0 unspecified atom stereocenters. The zero-order valence-corrected chi connectivity index (χ0v) is 26.8. The van der Waals surface area contributed by atoms with Gasteiger partial charge in [0.25, 0.3) is 0 Å². The maximum Gasteiger partial charge on any atom is 0.311 e. The molecule has 0 bridgehead atoms. The van der Waals surface area contributed by atoms with Crippen molar-refractivity contribution in [3.63, 3.8) is 0 Å². The number of carbonyl (C=O) groups excluding carboxylic acids is 2. The second-order valence-electron chi connectivity index (χ2n) is 12.3. The van der Waals surface area contributed by atoms with E-state index in [1.54, 1.807) is 0 Å². The summed E-state index contributed by atoms with van der Waals surface area (Å²) in [5.41, 5.74) is 3.23. The molecule has 47 heavy (non-hydrogen) atoms. The smallest absolute Gasteiger partial charge is 0.311 e. The van der Waals surface area contributed by atoms with Gasteiger partial charge in [-0.1, -0.05) is 105 Å². The summed E-state index contributed by atoms with van der Waals surface area (Å²) >= 11 is 0. The van der Waals surface area contributed by atoms with E-state index in [4.69, 9.17) is 15.9 Å². The van der Waals surface area contributed by atoms with Gasteiger partial charge in [0.15, 0.2) is 0 Å². The SMILES string of the molecule is C#CCCCCCCCCC(=O)Oc1ccc(-c2ccc(OC(=O)CCCc3ccc4ccc5cccc6ccc3c4c56)cc2)cc1. The Kier molecular flexibility index (Phi) is 10.4. The maximum absolute atomic E-state index is 12.7. The topological polar surface area (TPSA) is 52.6 Å². The number of aryl methyl sites for hydroxylation is 1. The Morgan fingerprint density at radius 1 is 0.532 bits per heavy atom. The maximum atomic E-state index is 12.7. The van der Waals surface area contributed by atoms with E-state index < -0.39 is 0 Å². The van der Waals surface area contributed by atoms with Gasteiger partial charge in [-0.2, -0.15) is 0 Å². The standard InChI is InChI=1S/C43H40O4/c1-2-3-4-5-6-7-8-9-15-40(44)46-37-26-21-31(22-27-37)32-23-28-38(29-24-32)47-41(45)16-11-12-33-17-18-36-20-19-34-13-10-14-35-25-30-39(33)43(36)42(34)35/h1,10,13-14,17-30H,3-9,11-12,15-16H2. The first-order chi connectivity index (χ1) is 23.1.